The van der Waals surface area contributed by atoms with Gasteiger partial charge in [0.05, 0.1) is 12.1 Å². The number of aromatic nitrogens is 2. The minimum Gasteiger partial charge on any atom is -0.481 e. The first-order valence-corrected chi connectivity index (χ1v) is 7.11. The molecular weight excluding hydrogens is 337 g/mol. The van der Waals surface area contributed by atoms with Crippen LogP contribution in [0.5, 0.6) is 0 Å². The Balaban J connectivity index is 0.00000132. The smallest absolute Gasteiger partial charge is 0.308 e. The molecule has 2 unspecified atom stereocenters. The van der Waals surface area contributed by atoms with Gasteiger partial charge >= 0.3 is 5.97 Å². The molecule has 1 saturated heterocycles. The molecule has 1 aliphatic heterocycles. The molecule has 2 aromatic rings. The molecule has 1 fully saturated rings. The maximum Gasteiger partial charge on any atom is 0.308 e. The lowest BCUT2D eigenvalue weighted by Gasteiger charge is -2.15. The molecule has 7 heteroatoms. The van der Waals surface area contributed by atoms with Gasteiger partial charge < -0.3 is 5.11 Å². The van der Waals surface area contributed by atoms with Gasteiger partial charge in [-0.3, -0.25) is 14.4 Å². The van der Waals surface area contributed by atoms with Gasteiger partial charge in [0.2, 0.25) is 0 Å². The fourth-order valence-electron chi connectivity index (χ4n) is 3.08. The summed E-state index contributed by atoms with van der Waals surface area (Å²) in [5, 5.41) is 13.7. The van der Waals surface area contributed by atoms with Crippen molar-refractivity contribution in [2.75, 3.05) is 13.1 Å². The number of nitrogens with zero attached hydrogens (tertiary/aromatic N) is 3. The van der Waals surface area contributed by atoms with Crippen molar-refractivity contribution >= 4 is 30.8 Å². The maximum absolute atomic E-state index is 11.5. The number of hydrogen-bond donors (Lipinski definition) is 1. The Hall–Kier alpha value is -1.56. The van der Waals surface area contributed by atoms with E-state index >= 15 is 0 Å². The van der Waals surface area contributed by atoms with Crippen LogP contribution in [0.4, 0.5) is 0 Å². The number of aryl methyl sites for hydroxylation is 1. The average molecular weight is 358 g/mol. The molecule has 1 aromatic carbocycles. The van der Waals surface area contributed by atoms with Crippen molar-refractivity contribution < 1.29 is 9.90 Å². The van der Waals surface area contributed by atoms with Crippen LogP contribution in [0.15, 0.2) is 42.7 Å². The van der Waals surface area contributed by atoms with Crippen LogP contribution in [-0.4, -0.2) is 38.8 Å². The monoisotopic (exact) mass is 357 g/mol. The van der Waals surface area contributed by atoms with E-state index in [1.54, 1.807) is 10.9 Å². The summed E-state index contributed by atoms with van der Waals surface area (Å²) in [6.07, 6.45) is 3.71. The normalized spacial score (nSPS) is 20.6. The average Bonchev–Trinajstić information content (AvgIpc) is 3.06. The summed E-state index contributed by atoms with van der Waals surface area (Å²) in [6.45, 7) is 2.14. The molecule has 1 aliphatic rings. The Morgan fingerprint density at radius 3 is 2.52 bits per heavy atom. The third kappa shape index (κ3) is 4.47. The Bertz CT molecular complexity index is 633. The first-order valence-electron chi connectivity index (χ1n) is 7.11. The van der Waals surface area contributed by atoms with E-state index in [1.165, 1.54) is 5.56 Å². The van der Waals surface area contributed by atoms with Crippen LogP contribution in [0.25, 0.3) is 0 Å². The van der Waals surface area contributed by atoms with E-state index in [9.17, 15) is 9.90 Å². The van der Waals surface area contributed by atoms with Crippen LogP contribution >= 0.6 is 24.8 Å². The van der Waals surface area contributed by atoms with Crippen molar-refractivity contribution in [1.82, 2.24) is 14.7 Å². The summed E-state index contributed by atoms with van der Waals surface area (Å²) in [7, 11) is 1.86. The molecular formula is C16H21Cl2N3O2. The second-order valence-electron chi connectivity index (χ2n) is 5.68. The molecule has 1 N–H and O–H groups in total. The molecule has 2 atom stereocenters. The van der Waals surface area contributed by atoms with E-state index in [2.05, 4.69) is 22.1 Å². The molecule has 3 rings (SSSR count). The van der Waals surface area contributed by atoms with Crippen LogP contribution in [0.3, 0.4) is 0 Å². The van der Waals surface area contributed by atoms with Gasteiger partial charge in [0.1, 0.15) is 0 Å². The van der Waals surface area contributed by atoms with E-state index in [0.717, 1.165) is 18.7 Å². The second-order valence-corrected chi connectivity index (χ2v) is 5.68. The minimum atomic E-state index is -0.723. The van der Waals surface area contributed by atoms with Gasteiger partial charge in [0.25, 0.3) is 0 Å². The topological polar surface area (TPSA) is 58.4 Å². The van der Waals surface area contributed by atoms with Gasteiger partial charge in [-0.05, 0) is 11.1 Å². The van der Waals surface area contributed by atoms with E-state index in [-0.39, 0.29) is 36.6 Å². The Labute approximate surface area is 148 Å². The molecule has 0 saturated carbocycles. The van der Waals surface area contributed by atoms with Gasteiger partial charge in [-0.2, -0.15) is 5.10 Å². The maximum atomic E-state index is 11.5. The third-order valence-electron chi connectivity index (χ3n) is 4.11. The molecule has 0 radical (unpaired) electrons. The number of carbonyl (C=O) groups is 1. The number of rotatable bonds is 4. The number of aliphatic carboxylic acids is 1. The highest BCUT2D eigenvalue weighted by atomic mass is 35.5. The molecule has 23 heavy (non-hydrogen) atoms. The van der Waals surface area contributed by atoms with Crippen LogP contribution in [0.2, 0.25) is 0 Å². The van der Waals surface area contributed by atoms with Crippen LogP contribution in [0, 0.1) is 5.92 Å². The fraction of sp³-hybridized carbons (Fsp3) is 0.375. The highest BCUT2D eigenvalue weighted by molar-refractivity contribution is 5.85. The quantitative estimate of drug-likeness (QED) is 0.913. The lowest BCUT2D eigenvalue weighted by molar-refractivity contribution is -0.141. The first kappa shape index (κ1) is 19.5. The number of benzene rings is 1. The van der Waals surface area contributed by atoms with Crippen molar-refractivity contribution in [1.29, 1.82) is 0 Å². The Morgan fingerprint density at radius 1 is 1.26 bits per heavy atom. The third-order valence-corrected chi connectivity index (χ3v) is 4.11. The minimum absolute atomic E-state index is 0. The molecule has 1 aromatic heterocycles. The van der Waals surface area contributed by atoms with Gasteiger partial charge in [0.15, 0.2) is 0 Å². The molecule has 0 spiro atoms. The zero-order valence-electron chi connectivity index (χ0n) is 12.8. The molecule has 0 aliphatic carbocycles. The summed E-state index contributed by atoms with van der Waals surface area (Å²) in [4.78, 5) is 13.8. The Kier molecular flexibility index (Phi) is 7.06. The predicted molar refractivity (Wildman–Crippen MR) is 93.3 cm³/mol. The second kappa shape index (κ2) is 8.34. The van der Waals surface area contributed by atoms with Gasteiger partial charge in [-0.25, -0.2) is 0 Å². The SMILES string of the molecule is Cl.Cl.Cn1cc(C2CN(Cc3ccccc3)CC2C(=O)O)cn1. The number of carboxylic acid groups (broad SMARTS) is 1. The number of halogens is 2. The molecule has 2 heterocycles. The molecule has 5 nitrogen and oxygen atoms in total. The number of likely N-dealkylation sites (tertiary alicyclic amines) is 1. The summed E-state index contributed by atoms with van der Waals surface area (Å²) < 4.78 is 1.73. The lowest BCUT2D eigenvalue weighted by atomic mass is 9.91. The summed E-state index contributed by atoms with van der Waals surface area (Å²) >= 11 is 0. The van der Waals surface area contributed by atoms with Crippen molar-refractivity contribution in [3.05, 3.63) is 53.9 Å². The summed E-state index contributed by atoms with van der Waals surface area (Å²) in [5.74, 6) is -1.07. The molecule has 126 valence electrons. The first-order chi connectivity index (χ1) is 10.1. The van der Waals surface area contributed by atoms with Crippen LogP contribution in [0.1, 0.15) is 17.0 Å². The number of carboxylic acids is 1. The standard InChI is InChI=1S/C16H19N3O2.2ClH/c1-18-9-13(7-17-18)14-10-19(11-15(14)16(20)21)8-12-5-3-2-4-6-12;;/h2-7,9,14-15H,8,10-11H2,1H3,(H,20,21);2*1H. The van der Waals surface area contributed by atoms with Crippen molar-refractivity contribution in [2.45, 2.75) is 12.5 Å². The largest absolute Gasteiger partial charge is 0.481 e. The van der Waals surface area contributed by atoms with E-state index in [0.29, 0.717) is 6.54 Å². The summed E-state index contributed by atoms with van der Waals surface area (Å²) in [5.41, 5.74) is 2.23. The number of hydrogen-bond acceptors (Lipinski definition) is 3. The lowest BCUT2D eigenvalue weighted by Crippen LogP contribution is -2.23. The van der Waals surface area contributed by atoms with E-state index < -0.39 is 5.97 Å². The van der Waals surface area contributed by atoms with Gasteiger partial charge in [-0.1, -0.05) is 30.3 Å². The highest BCUT2D eigenvalue weighted by Crippen LogP contribution is 2.33. The predicted octanol–water partition coefficient (Wildman–Crippen LogP) is 2.56. The Morgan fingerprint density at radius 2 is 1.96 bits per heavy atom. The highest BCUT2D eigenvalue weighted by Gasteiger charge is 2.38. The van der Waals surface area contributed by atoms with Crippen molar-refractivity contribution in [3.63, 3.8) is 0 Å². The van der Waals surface area contributed by atoms with Gasteiger partial charge in [-0.15, -0.1) is 24.8 Å². The molecule has 0 bridgehead atoms. The summed E-state index contributed by atoms with van der Waals surface area (Å²) in [6, 6.07) is 10.2. The zero-order valence-corrected chi connectivity index (χ0v) is 14.5. The van der Waals surface area contributed by atoms with Crippen molar-refractivity contribution in [2.24, 2.45) is 13.0 Å². The molecule has 0 amide bonds. The fourth-order valence-corrected chi connectivity index (χ4v) is 3.08. The van der Waals surface area contributed by atoms with E-state index in [4.69, 9.17) is 0 Å². The van der Waals surface area contributed by atoms with Crippen molar-refractivity contribution in [3.8, 4) is 0 Å². The zero-order chi connectivity index (χ0) is 14.8. The van der Waals surface area contributed by atoms with Crippen LogP contribution < -0.4 is 0 Å². The van der Waals surface area contributed by atoms with E-state index in [1.807, 2.05) is 31.4 Å². The van der Waals surface area contributed by atoms with Crippen LogP contribution in [-0.2, 0) is 18.4 Å². The van der Waals surface area contributed by atoms with Gasteiger partial charge in [0, 0.05) is 38.8 Å².